The minimum atomic E-state index is -0.371. The topological polar surface area (TPSA) is 52.3 Å². The van der Waals surface area contributed by atoms with Crippen LogP contribution in [0.15, 0.2) is 24.3 Å². The lowest BCUT2D eigenvalue weighted by Crippen LogP contribution is -2.23. The summed E-state index contributed by atoms with van der Waals surface area (Å²) in [5.74, 6) is -0.102. The number of carbonyl (C=O) groups is 1. The Kier molecular flexibility index (Phi) is 2.39. The van der Waals surface area contributed by atoms with E-state index in [4.69, 9.17) is 10.5 Å². The number of esters is 1. The van der Waals surface area contributed by atoms with E-state index < -0.39 is 0 Å². The fraction of sp³-hybridized carbons (Fsp3) is 0.417. The van der Waals surface area contributed by atoms with Crippen LogP contribution in [0.25, 0.3) is 0 Å². The molecule has 1 aromatic carbocycles. The van der Waals surface area contributed by atoms with Crippen LogP contribution in [-0.4, -0.2) is 12.6 Å². The Bertz CT molecular complexity index is 366. The third kappa shape index (κ3) is 1.69. The second-order valence-electron chi connectivity index (χ2n) is 3.92. The van der Waals surface area contributed by atoms with Gasteiger partial charge in [0.1, 0.15) is 0 Å². The Morgan fingerprint density at radius 3 is 2.47 bits per heavy atom. The number of rotatable bonds is 3. The van der Waals surface area contributed by atoms with Crippen molar-refractivity contribution < 1.29 is 9.53 Å². The van der Waals surface area contributed by atoms with Gasteiger partial charge in [-0.05, 0) is 37.5 Å². The van der Waals surface area contributed by atoms with Crippen molar-refractivity contribution in [2.75, 3.05) is 12.3 Å². The van der Waals surface area contributed by atoms with E-state index in [1.807, 2.05) is 31.2 Å². The Hall–Kier alpha value is -1.51. The summed E-state index contributed by atoms with van der Waals surface area (Å²) >= 11 is 0. The molecule has 3 heteroatoms. The van der Waals surface area contributed by atoms with E-state index in [0.717, 1.165) is 24.1 Å². The number of nitrogens with two attached hydrogens (primary N) is 1. The zero-order valence-electron chi connectivity index (χ0n) is 8.82. The van der Waals surface area contributed by atoms with E-state index >= 15 is 0 Å². The van der Waals surface area contributed by atoms with Crippen molar-refractivity contribution in [1.29, 1.82) is 0 Å². The van der Waals surface area contributed by atoms with Crippen LogP contribution in [0.4, 0.5) is 5.69 Å². The average molecular weight is 205 g/mol. The van der Waals surface area contributed by atoms with E-state index in [1.54, 1.807) is 0 Å². The van der Waals surface area contributed by atoms with Crippen LogP contribution in [-0.2, 0) is 14.9 Å². The third-order valence-corrected chi connectivity index (χ3v) is 2.88. The molecular formula is C12H15NO2. The molecule has 0 heterocycles. The maximum atomic E-state index is 11.8. The first kappa shape index (κ1) is 10.0. The van der Waals surface area contributed by atoms with Crippen LogP contribution >= 0.6 is 0 Å². The van der Waals surface area contributed by atoms with Gasteiger partial charge in [0.2, 0.25) is 0 Å². The number of anilines is 1. The predicted molar refractivity (Wildman–Crippen MR) is 58.4 cm³/mol. The van der Waals surface area contributed by atoms with Gasteiger partial charge in [0.15, 0.2) is 0 Å². The summed E-state index contributed by atoms with van der Waals surface area (Å²) in [6.07, 6.45) is 1.77. The molecule has 1 aliphatic carbocycles. The van der Waals surface area contributed by atoms with E-state index in [-0.39, 0.29) is 11.4 Å². The highest BCUT2D eigenvalue weighted by molar-refractivity contribution is 5.86. The van der Waals surface area contributed by atoms with Crippen molar-refractivity contribution in [3.63, 3.8) is 0 Å². The molecule has 0 atom stereocenters. The van der Waals surface area contributed by atoms with Crippen molar-refractivity contribution in [3.8, 4) is 0 Å². The van der Waals surface area contributed by atoms with Gasteiger partial charge in [-0.3, -0.25) is 4.79 Å². The molecular weight excluding hydrogens is 190 g/mol. The van der Waals surface area contributed by atoms with Crippen LogP contribution in [0.2, 0.25) is 0 Å². The molecule has 1 saturated carbocycles. The van der Waals surface area contributed by atoms with E-state index in [0.29, 0.717) is 6.61 Å². The molecule has 0 unspecified atom stereocenters. The smallest absolute Gasteiger partial charge is 0.316 e. The first-order valence-corrected chi connectivity index (χ1v) is 5.22. The summed E-state index contributed by atoms with van der Waals surface area (Å²) in [5, 5.41) is 0. The fourth-order valence-electron chi connectivity index (χ4n) is 1.81. The Morgan fingerprint density at radius 2 is 2.00 bits per heavy atom. The molecule has 0 bridgehead atoms. The molecule has 0 aliphatic heterocycles. The molecule has 0 amide bonds. The van der Waals surface area contributed by atoms with Gasteiger partial charge >= 0.3 is 5.97 Å². The number of benzene rings is 1. The fourth-order valence-corrected chi connectivity index (χ4v) is 1.81. The highest BCUT2D eigenvalue weighted by Crippen LogP contribution is 2.49. The van der Waals surface area contributed by atoms with Gasteiger partial charge in [0.25, 0.3) is 0 Å². The third-order valence-electron chi connectivity index (χ3n) is 2.88. The van der Waals surface area contributed by atoms with Crippen LogP contribution < -0.4 is 5.73 Å². The molecule has 80 valence electrons. The van der Waals surface area contributed by atoms with Crippen LogP contribution in [0.3, 0.4) is 0 Å². The van der Waals surface area contributed by atoms with E-state index in [1.165, 1.54) is 0 Å². The van der Waals surface area contributed by atoms with Crippen molar-refractivity contribution in [2.45, 2.75) is 25.2 Å². The van der Waals surface area contributed by atoms with Crippen molar-refractivity contribution in [3.05, 3.63) is 29.8 Å². The lowest BCUT2D eigenvalue weighted by atomic mass is 9.96. The number of nitrogen functional groups attached to an aromatic ring is 1. The van der Waals surface area contributed by atoms with Crippen molar-refractivity contribution in [2.24, 2.45) is 0 Å². The van der Waals surface area contributed by atoms with E-state index in [9.17, 15) is 4.79 Å². The number of ether oxygens (including phenoxy) is 1. The molecule has 0 saturated heterocycles. The van der Waals surface area contributed by atoms with Crippen molar-refractivity contribution in [1.82, 2.24) is 0 Å². The molecule has 0 aromatic heterocycles. The highest BCUT2D eigenvalue weighted by Gasteiger charge is 2.52. The first-order chi connectivity index (χ1) is 7.19. The second kappa shape index (κ2) is 3.57. The van der Waals surface area contributed by atoms with Gasteiger partial charge in [0.05, 0.1) is 12.0 Å². The number of carbonyl (C=O) groups excluding carboxylic acids is 1. The Morgan fingerprint density at radius 1 is 1.40 bits per heavy atom. The van der Waals surface area contributed by atoms with Gasteiger partial charge < -0.3 is 10.5 Å². The Balaban J connectivity index is 2.22. The van der Waals surface area contributed by atoms with Crippen molar-refractivity contribution >= 4 is 11.7 Å². The molecule has 0 radical (unpaired) electrons. The van der Waals surface area contributed by atoms with Crippen LogP contribution in [0.1, 0.15) is 25.3 Å². The zero-order valence-corrected chi connectivity index (χ0v) is 8.82. The van der Waals surface area contributed by atoms with Gasteiger partial charge in [-0.1, -0.05) is 12.1 Å². The standard InChI is InChI=1S/C12H15NO2/c1-2-15-11(14)12(7-8-12)9-3-5-10(13)6-4-9/h3-6H,2,7-8,13H2,1H3. The zero-order chi connectivity index (χ0) is 10.9. The SMILES string of the molecule is CCOC(=O)C1(c2ccc(N)cc2)CC1. The lowest BCUT2D eigenvalue weighted by Gasteiger charge is -2.14. The van der Waals surface area contributed by atoms with Gasteiger partial charge in [-0.25, -0.2) is 0 Å². The lowest BCUT2D eigenvalue weighted by molar-refractivity contribution is -0.146. The van der Waals surface area contributed by atoms with Crippen LogP contribution in [0, 0.1) is 0 Å². The molecule has 0 spiro atoms. The second-order valence-corrected chi connectivity index (χ2v) is 3.92. The maximum Gasteiger partial charge on any atom is 0.316 e. The van der Waals surface area contributed by atoms with Gasteiger partial charge in [0, 0.05) is 5.69 Å². The summed E-state index contributed by atoms with van der Waals surface area (Å²) < 4.78 is 5.08. The minimum Gasteiger partial charge on any atom is -0.465 e. The summed E-state index contributed by atoms with van der Waals surface area (Å²) in [6.45, 7) is 2.27. The maximum absolute atomic E-state index is 11.8. The molecule has 1 fully saturated rings. The first-order valence-electron chi connectivity index (χ1n) is 5.22. The Labute approximate surface area is 89.2 Å². The monoisotopic (exact) mass is 205 g/mol. The predicted octanol–water partition coefficient (Wildman–Crippen LogP) is 1.86. The van der Waals surface area contributed by atoms with Crippen LogP contribution in [0.5, 0.6) is 0 Å². The molecule has 1 aromatic rings. The average Bonchev–Trinajstić information content (AvgIpc) is 3.00. The summed E-state index contributed by atoms with van der Waals surface area (Å²) in [7, 11) is 0. The molecule has 2 N–H and O–H groups in total. The van der Waals surface area contributed by atoms with E-state index in [2.05, 4.69) is 0 Å². The molecule has 3 nitrogen and oxygen atoms in total. The number of hydrogen-bond donors (Lipinski definition) is 1. The minimum absolute atomic E-state index is 0.102. The summed E-state index contributed by atoms with van der Waals surface area (Å²) in [5.41, 5.74) is 6.98. The highest BCUT2D eigenvalue weighted by atomic mass is 16.5. The largest absolute Gasteiger partial charge is 0.465 e. The molecule has 1 aliphatic rings. The normalized spacial score (nSPS) is 17.1. The molecule has 2 rings (SSSR count). The molecule has 15 heavy (non-hydrogen) atoms. The summed E-state index contributed by atoms with van der Waals surface area (Å²) in [6, 6.07) is 7.49. The number of hydrogen-bond acceptors (Lipinski definition) is 3. The van der Waals surface area contributed by atoms with Gasteiger partial charge in [-0.2, -0.15) is 0 Å². The summed E-state index contributed by atoms with van der Waals surface area (Å²) in [4.78, 5) is 11.8. The quantitative estimate of drug-likeness (QED) is 0.605. The van der Waals surface area contributed by atoms with Gasteiger partial charge in [-0.15, -0.1) is 0 Å².